The lowest BCUT2D eigenvalue weighted by molar-refractivity contribution is -0.402. The maximum Gasteiger partial charge on any atom is 0.433 e. The number of benzene rings is 1. The lowest BCUT2D eigenvalue weighted by Gasteiger charge is -2.61. The van der Waals surface area contributed by atoms with Crippen molar-refractivity contribution in [1.29, 1.82) is 0 Å². The maximum atomic E-state index is 13.2. The second kappa shape index (κ2) is 6.54. The molecule has 7 heteroatoms. The van der Waals surface area contributed by atoms with Gasteiger partial charge in [-0.2, -0.15) is 5.10 Å². The van der Waals surface area contributed by atoms with Crippen LogP contribution in [0.1, 0.15) is 49.8 Å². The third-order valence-corrected chi connectivity index (χ3v) is 7.08. The molecule has 150 valence electrons. The van der Waals surface area contributed by atoms with Crippen LogP contribution in [-0.4, -0.2) is 17.0 Å². The molecule has 1 aromatic carbocycles. The zero-order valence-electron chi connectivity index (χ0n) is 16.0. The second-order valence-corrected chi connectivity index (χ2v) is 9.02. The molecular weight excluding hydrogens is 370 g/mol. The van der Waals surface area contributed by atoms with Gasteiger partial charge in [0.2, 0.25) is 5.91 Å². The van der Waals surface area contributed by atoms with E-state index in [1.165, 1.54) is 43.2 Å². The molecule has 4 aliphatic carbocycles. The van der Waals surface area contributed by atoms with Gasteiger partial charge in [-0.25, -0.2) is 5.43 Å². The van der Waals surface area contributed by atoms with Gasteiger partial charge in [0.05, 0.1) is 17.7 Å². The molecule has 4 fully saturated rings. The smallest absolute Gasteiger partial charge is 0.400 e. The van der Waals surface area contributed by atoms with Gasteiger partial charge in [-0.1, -0.05) is 30.3 Å². The number of amides is 1. The fourth-order valence-corrected chi connectivity index (χ4v) is 6.44. The highest BCUT2D eigenvalue weighted by Crippen LogP contribution is 2.65. The Balaban J connectivity index is 1.35. The third kappa shape index (κ3) is 3.05. The summed E-state index contributed by atoms with van der Waals surface area (Å²) in [5.41, 5.74) is 3.76. The quantitative estimate of drug-likeness (QED) is 0.468. The van der Waals surface area contributed by atoms with E-state index >= 15 is 0 Å². The molecule has 0 saturated heterocycles. The van der Waals surface area contributed by atoms with E-state index in [0.29, 0.717) is 11.8 Å². The van der Waals surface area contributed by atoms with Crippen LogP contribution in [0.5, 0.6) is 0 Å². The third-order valence-electron chi connectivity index (χ3n) is 7.08. The summed E-state index contributed by atoms with van der Waals surface area (Å²) in [6, 6.07) is 13.4. The molecule has 2 aromatic rings. The van der Waals surface area contributed by atoms with E-state index in [0.717, 1.165) is 19.3 Å². The minimum atomic E-state index is -0.603. The van der Waals surface area contributed by atoms with Crippen molar-refractivity contribution >= 4 is 18.0 Å². The van der Waals surface area contributed by atoms with Crippen LogP contribution in [0, 0.1) is 27.4 Å². The number of hydrogen-bond donors (Lipinski definition) is 1. The highest BCUT2D eigenvalue weighted by atomic mass is 16.6. The minimum absolute atomic E-state index is 0.0378. The summed E-state index contributed by atoms with van der Waals surface area (Å²) < 4.78 is 5.05. The predicted molar refractivity (Wildman–Crippen MR) is 106 cm³/mol. The van der Waals surface area contributed by atoms with E-state index in [9.17, 15) is 14.9 Å². The van der Waals surface area contributed by atoms with Crippen LogP contribution in [0.4, 0.5) is 5.88 Å². The van der Waals surface area contributed by atoms with E-state index in [2.05, 4.69) is 34.8 Å². The molecule has 0 radical (unpaired) electrons. The van der Waals surface area contributed by atoms with Crippen molar-refractivity contribution in [3.63, 3.8) is 0 Å². The number of carbonyl (C=O) groups is 1. The topological polar surface area (TPSA) is 97.7 Å². The van der Waals surface area contributed by atoms with E-state index in [1.807, 2.05) is 6.07 Å². The van der Waals surface area contributed by atoms with E-state index in [4.69, 9.17) is 4.42 Å². The van der Waals surface area contributed by atoms with Gasteiger partial charge in [0.15, 0.2) is 5.76 Å². The number of furan rings is 1. The normalized spacial score (nSPS) is 32.6. The highest BCUT2D eigenvalue weighted by molar-refractivity contribution is 5.85. The average Bonchev–Trinajstić information content (AvgIpc) is 3.17. The molecule has 1 N–H and O–H groups in total. The van der Waals surface area contributed by atoms with Gasteiger partial charge in [0, 0.05) is 0 Å². The summed E-state index contributed by atoms with van der Waals surface area (Å²) in [5, 5.41) is 14.7. The number of nitro groups is 1. The summed E-state index contributed by atoms with van der Waals surface area (Å²) in [6.45, 7) is 0. The minimum Gasteiger partial charge on any atom is -0.400 e. The van der Waals surface area contributed by atoms with Crippen LogP contribution in [0.3, 0.4) is 0 Å². The second-order valence-electron chi connectivity index (χ2n) is 9.02. The van der Waals surface area contributed by atoms with Crippen LogP contribution in [0.25, 0.3) is 0 Å². The lowest BCUT2D eigenvalue weighted by Crippen LogP contribution is -2.58. The number of rotatable bonds is 5. The summed E-state index contributed by atoms with van der Waals surface area (Å²) in [5.74, 6) is 1.02. The van der Waals surface area contributed by atoms with Crippen LogP contribution in [0.15, 0.2) is 52.0 Å². The van der Waals surface area contributed by atoms with Gasteiger partial charge in [-0.05, 0) is 67.4 Å². The van der Waals surface area contributed by atoms with Crippen molar-refractivity contribution in [2.75, 3.05) is 0 Å². The van der Waals surface area contributed by atoms with Crippen LogP contribution >= 0.6 is 0 Å². The number of nitrogens with zero attached hydrogens (tertiary/aromatic N) is 2. The Labute approximate surface area is 168 Å². The van der Waals surface area contributed by atoms with Crippen molar-refractivity contribution < 1.29 is 14.1 Å². The van der Waals surface area contributed by atoms with E-state index in [1.54, 1.807) is 0 Å². The molecule has 7 nitrogen and oxygen atoms in total. The predicted octanol–water partition coefficient (Wildman–Crippen LogP) is 4.18. The molecule has 1 heterocycles. The molecule has 4 aliphatic rings. The van der Waals surface area contributed by atoms with Gasteiger partial charge < -0.3 is 4.42 Å². The van der Waals surface area contributed by atoms with Crippen LogP contribution < -0.4 is 5.43 Å². The van der Waals surface area contributed by atoms with Gasteiger partial charge in [0.1, 0.15) is 4.92 Å². The Morgan fingerprint density at radius 3 is 2.52 bits per heavy atom. The highest BCUT2D eigenvalue weighted by Gasteiger charge is 2.60. The number of hydrogen-bond acceptors (Lipinski definition) is 5. The molecule has 1 amide bonds. The first-order chi connectivity index (χ1) is 14.0. The number of hydrazone groups is 1. The largest absolute Gasteiger partial charge is 0.433 e. The fourth-order valence-electron chi connectivity index (χ4n) is 6.44. The van der Waals surface area contributed by atoms with Crippen LogP contribution in [0.2, 0.25) is 0 Å². The lowest BCUT2D eigenvalue weighted by atomic mass is 9.42. The molecule has 4 saturated carbocycles. The summed E-state index contributed by atoms with van der Waals surface area (Å²) in [7, 11) is 0. The summed E-state index contributed by atoms with van der Waals surface area (Å²) in [6.07, 6.45) is 7.59. The Bertz CT molecular complexity index is 967. The van der Waals surface area contributed by atoms with E-state index in [-0.39, 0.29) is 28.4 Å². The average molecular weight is 393 g/mol. The monoisotopic (exact) mass is 393 g/mol. The molecule has 2 unspecified atom stereocenters. The summed E-state index contributed by atoms with van der Waals surface area (Å²) in [4.78, 5) is 23.3. The first-order valence-corrected chi connectivity index (χ1v) is 10.1. The SMILES string of the molecule is O=C(N/N=C/c1ccc([N+](=O)[O-])o1)C12CC3CC(C1)CC(c1ccccc1)(C3)C2. The zero-order valence-corrected chi connectivity index (χ0v) is 16.0. The van der Waals surface area contributed by atoms with Gasteiger partial charge in [-0.3, -0.25) is 14.9 Å². The zero-order chi connectivity index (χ0) is 20.1. The molecule has 0 aliphatic heterocycles. The molecule has 6 rings (SSSR count). The molecule has 29 heavy (non-hydrogen) atoms. The van der Waals surface area contributed by atoms with Crippen molar-refractivity contribution in [2.24, 2.45) is 22.4 Å². The number of carbonyl (C=O) groups excluding carboxylic acids is 1. The first-order valence-electron chi connectivity index (χ1n) is 10.1. The van der Waals surface area contributed by atoms with Crippen molar-refractivity contribution in [1.82, 2.24) is 5.43 Å². The maximum absolute atomic E-state index is 13.2. The standard InChI is InChI=1S/C22H23N3O4/c26-20(24-23-13-18-6-7-19(29-18)25(27)28)22-11-15-8-16(12-22)10-21(9-15,14-22)17-4-2-1-3-5-17/h1-7,13,15-16H,8-12,14H2,(H,24,26)/b23-13+. The van der Waals surface area contributed by atoms with E-state index < -0.39 is 4.92 Å². The van der Waals surface area contributed by atoms with Crippen molar-refractivity contribution in [3.05, 3.63) is 63.9 Å². The Morgan fingerprint density at radius 2 is 1.86 bits per heavy atom. The Kier molecular flexibility index (Phi) is 4.08. The van der Waals surface area contributed by atoms with Crippen LogP contribution in [-0.2, 0) is 10.2 Å². The van der Waals surface area contributed by atoms with Gasteiger partial charge in [-0.15, -0.1) is 0 Å². The first kappa shape index (κ1) is 18.1. The Morgan fingerprint density at radius 1 is 1.14 bits per heavy atom. The Hall–Kier alpha value is -2.96. The fraction of sp³-hybridized carbons (Fsp3) is 0.455. The van der Waals surface area contributed by atoms with Gasteiger partial charge >= 0.3 is 5.88 Å². The van der Waals surface area contributed by atoms with Gasteiger partial charge in [0.25, 0.3) is 0 Å². The molecular formula is C22H23N3O4. The molecule has 0 spiro atoms. The molecule has 2 atom stereocenters. The van der Waals surface area contributed by atoms with Crippen molar-refractivity contribution in [2.45, 2.75) is 43.9 Å². The number of nitrogens with one attached hydrogen (secondary N) is 1. The molecule has 1 aromatic heterocycles. The molecule has 4 bridgehead atoms. The summed E-state index contributed by atoms with van der Waals surface area (Å²) >= 11 is 0. The van der Waals surface area contributed by atoms with Crippen molar-refractivity contribution in [3.8, 4) is 0 Å².